The number of nitrogen functional groups attached to an aromatic ring is 2. The fourth-order valence-electron chi connectivity index (χ4n) is 2.43. The number of aromatic nitrogens is 2. The van der Waals surface area contributed by atoms with Crippen LogP contribution in [0.4, 0.5) is 11.5 Å². The van der Waals surface area contributed by atoms with Crippen LogP contribution in [0.1, 0.15) is 11.1 Å². The van der Waals surface area contributed by atoms with Crippen molar-refractivity contribution < 1.29 is 0 Å². The highest BCUT2D eigenvalue weighted by molar-refractivity contribution is 5.91. The molecule has 98 valence electrons. The van der Waals surface area contributed by atoms with Gasteiger partial charge in [0.05, 0.1) is 11.3 Å². The van der Waals surface area contributed by atoms with Crippen LogP contribution in [0, 0.1) is 18.3 Å². The minimum atomic E-state index is 0.352. The van der Waals surface area contributed by atoms with Crippen LogP contribution >= 0.6 is 0 Å². The number of imidazole rings is 1. The van der Waals surface area contributed by atoms with Crippen LogP contribution in [0.25, 0.3) is 16.8 Å². The summed E-state index contributed by atoms with van der Waals surface area (Å²) in [5.74, 6) is 0.470. The molecule has 0 bridgehead atoms. The standard InChI is InChI=1S/C15H13N5/c1-9-4-2-3-5-10(9)12-11(8-16)13(17)15-19-6-7-20(15)14(12)18/h2-7H,17-18H2,1H3. The van der Waals surface area contributed by atoms with Gasteiger partial charge in [0.15, 0.2) is 5.65 Å². The highest BCUT2D eigenvalue weighted by Crippen LogP contribution is 2.36. The van der Waals surface area contributed by atoms with Crippen LogP contribution in [0.2, 0.25) is 0 Å². The first-order valence-electron chi connectivity index (χ1n) is 6.15. The average molecular weight is 263 g/mol. The molecule has 0 aliphatic rings. The molecule has 0 unspecified atom stereocenters. The third-order valence-electron chi connectivity index (χ3n) is 3.44. The zero-order valence-electron chi connectivity index (χ0n) is 11.0. The molecule has 0 spiro atoms. The number of hydrogen-bond acceptors (Lipinski definition) is 4. The van der Waals surface area contributed by atoms with Crippen molar-refractivity contribution in [1.82, 2.24) is 9.38 Å². The third kappa shape index (κ3) is 1.52. The lowest BCUT2D eigenvalue weighted by atomic mass is 9.96. The van der Waals surface area contributed by atoms with Gasteiger partial charge in [-0.1, -0.05) is 24.3 Å². The topological polar surface area (TPSA) is 93.1 Å². The molecule has 0 amide bonds. The summed E-state index contributed by atoms with van der Waals surface area (Å²) in [6, 6.07) is 9.92. The van der Waals surface area contributed by atoms with E-state index in [0.29, 0.717) is 28.3 Å². The van der Waals surface area contributed by atoms with E-state index in [1.165, 1.54) is 0 Å². The number of benzene rings is 1. The molecule has 0 aliphatic carbocycles. The van der Waals surface area contributed by atoms with Crippen LogP contribution in [-0.2, 0) is 0 Å². The monoisotopic (exact) mass is 263 g/mol. The number of pyridine rings is 1. The van der Waals surface area contributed by atoms with E-state index >= 15 is 0 Å². The SMILES string of the molecule is Cc1ccccc1-c1c(C#N)c(N)c2nccn2c1N. The molecule has 3 rings (SSSR count). The molecule has 0 fully saturated rings. The van der Waals surface area contributed by atoms with Gasteiger partial charge in [-0.3, -0.25) is 4.40 Å². The highest BCUT2D eigenvalue weighted by atomic mass is 15.1. The van der Waals surface area contributed by atoms with Crippen LogP contribution in [0.3, 0.4) is 0 Å². The zero-order valence-corrected chi connectivity index (χ0v) is 11.0. The molecular formula is C15H13N5. The molecule has 5 nitrogen and oxygen atoms in total. The molecule has 0 atom stereocenters. The number of fused-ring (bicyclic) bond motifs is 1. The van der Waals surface area contributed by atoms with E-state index in [1.807, 2.05) is 31.2 Å². The second kappa shape index (κ2) is 4.28. The van der Waals surface area contributed by atoms with E-state index in [-0.39, 0.29) is 0 Å². The lowest BCUT2D eigenvalue weighted by Gasteiger charge is -2.14. The summed E-state index contributed by atoms with van der Waals surface area (Å²) >= 11 is 0. The van der Waals surface area contributed by atoms with E-state index in [1.54, 1.807) is 16.8 Å². The summed E-state index contributed by atoms with van der Waals surface area (Å²) in [6.07, 6.45) is 3.36. The Bertz CT molecular complexity index is 855. The van der Waals surface area contributed by atoms with E-state index in [4.69, 9.17) is 11.5 Å². The van der Waals surface area contributed by atoms with Crippen molar-refractivity contribution in [2.45, 2.75) is 6.92 Å². The quantitative estimate of drug-likeness (QED) is 0.704. The second-order valence-corrected chi connectivity index (χ2v) is 4.60. The lowest BCUT2D eigenvalue weighted by Crippen LogP contribution is -2.06. The first-order chi connectivity index (χ1) is 9.65. The molecule has 0 aliphatic heterocycles. The molecule has 1 aromatic carbocycles. The summed E-state index contributed by atoms with van der Waals surface area (Å²) in [6.45, 7) is 1.98. The normalized spacial score (nSPS) is 10.6. The summed E-state index contributed by atoms with van der Waals surface area (Å²) < 4.78 is 1.71. The van der Waals surface area contributed by atoms with Crippen molar-refractivity contribution in [3.8, 4) is 17.2 Å². The van der Waals surface area contributed by atoms with Gasteiger partial charge in [0.2, 0.25) is 0 Å². The highest BCUT2D eigenvalue weighted by Gasteiger charge is 2.19. The average Bonchev–Trinajstić information content (AvgIpc) is 2.93. The maximum absolute atomic E-state index is 9.45. The molecule has 2 aromatic heterocycles. The van der Waals surface area contributed by atoms with Crippen molar-refractivity contribution in [2.75, 3.05) is 11.5 Å². The Balaban J connectivity index is 2.50. The smallest absolute Gasteiger partial charge is 0.163 e. The van der Waals surface area contributed by atoms with E-state index in [0.717, 1.165) is 11.1 Å². The largest absolute Gasteiger partial charge is 0.395 e. The first kappa shape index (κ1) is 12.1. The predicted octanol–water partition coefficient (Wildman–Crippen LogP) is 2.35. The summed E-state index contributed by atoms with van der Waals surface area (Å²) in [5, 5.41) is 9.45. The fourth-order valence-corrected chi connectivity index (χ4v) is 2.43. The van der Waals surface area contributed by atoms with Crippen LogP contribution in [0.15, 0.2) is 36.7 Å². The minimum Gasteiger partial charge on any atom is -0.395 e. The maximum atomic E-state index is 9.45. The predicted molar refractivity (Wildman–Crippen MR) is 78.9 cm³/mol. The number of nitrogens with two attached hydrogens (primary N) is 2. The third-order valence-corrected chi connectivity index (χ3v) is 3.44. The van der Waals surface area contributed by atoms with Gasteiger partial charge in [-0.15, -0.1) is 0 Å². The molecule has 0 radical (unpaired) electrons. The van der Waals surface area contributed by atoms with Gasteiger partial charge in [-0.25, -0.2) is 4.98 Å². The van der Waals surface area contributed by atoms with E-state index < -0.39 is 0 Å². The number of hydrogen-bond donors (Lipinski definition) is 2. The molecule has 20 heavy (non-hydrogen) atoms. The Kier molecular flexibility index (Phi) is 2.58. The Morgan fingerprint density at radius 2 is 2.00 bits per heavy atom. The Morgan fingerprint density at radius 1 is 1.25 bits per heavy atom. The van der Waals surface area contributed by atoms with Gasteiger partial charge < -0.3 is 11.5 Å². The second-order valence-electron chi connectivity index (χ2n) is 4.60. The molecule has 4 N–H and O–H groups in total. The zero-order chi connectivity index (χ0) is 14.3. The molecular weight excluding hydrogens is 250 g/mol. The van der Waals surface area contributed by atoms with E-state index in [2.05, 4.69) is 11.1 Å². The van der Waals surface area contributed by atoms with Crippen LogP contribution in [-0.4, -0.2) is 9.38 Å². The van der Waals surface area contributed by atoms with Crippen molar-refractivity contribution in [3.63, 3.8) is 0 Å². The van der Waals surface area contributed by atoms with Crippen molar-refractivity contribution in [2.24, 2.45) is 0 Å². The lowest BCUT2D eigenvalue weighted by molar-refractivity contribution is 1.19. The summed E-state index contributed by atoms with van der Waals surface area (Å²) in [5.41, 5.74) is 16.1. The minimum absolute atomic E-state index is 0.352. The number of rotatable bonds is 1. The van der Waals surface area contributed by atoms with Crippen molar-refractivity contribution in [1.29, 1.82) is 5.26 Å². The van der Waals surface area contributed by atoms with Crippen LogP contribution < -0.4 is 11.5 Å². The Labute approximate surface area is 116 Å². The van der Waals surface area contributed by atoms with Crippen LogP contribution in [0.5, 0.6) is 0 Å². The molecule has 5 heteroatoms. The Hall–Kier alpha value is -3.00. The van der Waals surface area contributed by atoms with Crippen molar-refractivity contribution >= 4 is 17.2 Å². The molecule has 3 aromatic rings. The van der Waals surface area contributed by atoms with Gasteiger partial charge in [0, 0.05) is 18.0 Å². The molecule has 2 heterocycles. The Morgan fingerprint density at radius 3 is 2.70 bits per heavy atom. The van der Waals surface area contributed by atoms with Crippen molar-refractivity contribution in [3.05, 3.63) is 47.8 Å². The maximum Gasteiger partial charge on any atom is 0.163 e. The van der Waals surface area contributed by atoms with Gasteiger partial charge in [-0.05, 0) is 18.1 Å². The summed E-state index contributed by atoms with van der Waals surface area (Å²) in [4.78, 5) is 4.15. The molecule has 0 saturated carbocycles. The first-order valence-corrected chi connectivity index (χ1v) is 6.15. The number of nitrogens with zero attached hydrogens (tertiary/aromatic N) is 3. The van der Waals surface area contributed by atoms with E-state index in [9.17, 15) is 5.26 Å². The summed E-state index contributed by atoms with van der Waals surface area (Å²) in [7, 11) is 0. The molecule has 0 saturated heterocycles. The van der Waals surface area contributed by atoms with Gasteiger partial charge >= 0.3 is 0 Å². The fraction of sp³-hybridized carbons (Fsp3) is 0.0667. The van der Waals surface area contributed by atoms with Gasteiger partial charge in [-0.2, -0.15) is 5.26 Å². The number of aryl methyl sites for hydroxylation is 1. The van der Waals surface area contributed by atoms with Gasteiger partial charge in [0.25, 0.3) is 0 Å². The van der Waals surface area contributed by atoms with Gasteiger partial charge in [0.1, 0.15) is 11.9 Å². The number of anilines is 2. The number of nitriles is 1.